The van der Waals surface area contributed by atoms with Gasteiger partial charge in [0.05, 0.1) is 24.7 Å². The molecule has 1 heterocycles. The minimum Gasteiger partial charge on any atom is -0.464 e. The first kappa shape index (κ1) is 14.7. The highest BCUT2D eigenvalue weighted by atomic mass is 19.1. The number of aromatic nitrogens is 2. The molecule has 0 bridgehead atoms. The van der Waals surface area contributed by atoms with Gasteiger partial charge in [0.15, 0.2) is 0 Å². The van der Waals surface area contributed by atoms with E-state index < -0.39 is 6.03 Å². The molecule has 2 N–H and O–H groups in total. The first-order valence-corrected chi connectivity index (χ1v) is 6.37. The minimum atomic E-state index is -0.508. The van der Waals surface area contributed by atoms with Crippen LogP contribution in [0.2, 0.25) is 0 Å². The van der Waals surface area contributed by atoms with Gasteiger partial charge in [-0.2, -0.15) is 0 Å². The van der Waals surface area contributed by atoms with Crippen LogP contribution in [0, 0.1) is 12.7 Å². The van der Waals surface area contributed by atoms with Crippen molar-refractivity contribution in [2.24, 2.45) is 0 Å². The molecule has 7 heteroatoms. The largest absolute Gasteiger partial charge is 0.464 e. The molecule has 0 aliphatic heterocycles. The van der Waals surface area contributed by atoms with Crippen LogP contribution in [0.15, 0.2) is 30.6 Å². The van der Waals surface area contributed by atoms with E-state index in [0.29, 0.717) is 23.5 Å². The van der Waals surface area contributed by atoms with E-state index in [2.05, 4.69) is 20.6 Å². The van der Waals surface area contributed by atoms with E-state index in [1.54, 1.807) is 19.1 Å². The summed E-state index contributed by atoms with van der Waals surface area (Å²) in [5.74, 6) is -0.378. The van der Waals surface area contributed by atoms with E-state index in [1.165, 1.54) is 18.5 Å². The summed E-state index contributed by atoms with van der Waals surface area (Å²) >= 11 is 0. The average molecular weight is 290 g/mol. The molecule has 0 saturated carbocycles. The lowest BCUT2D eigenvalue weighted by atomic mass is 10.2. The predicted octanol–water partition coefficient (Wildman–Crippen LogP) is 2.97. The number of ether oxygens (including phenoxy) is 1. The number of hydrogen-bond donors (Lipinski definition) is 2. The molecule has 0 spiro atoms. The standard InChI is InChI=1S/C14H15FN4O2/c1-3-21-14-16-7-11(8-17-14)19-13(20)18-10-5-4-9(2)12(15)6-10/h4-8H,3H2,1-2H3,(H2,18,19,20). The summed E-state index contributed by atoms with van der Waals surface area (Å²) in [6.07, 6.45) is 2.85. The van der Waals surface area contributed by atoms with Gasteiger partial charge in [-0.25, -0.2) is 19.2 Å². The Morgan fingerprint density at radius 1 is 1.24 bits per heavy atom. The number of nitrogens with zero attached hydrogens (tertiary/aromatic N) is 2. The summed E-state index contributed by atoms with van der Waals surface area (Å²) in [6, 6.07) is 4.19. The number of halogens is 1. The normalized spacial score (nSPS) is 10.0. The first-order valence-electron chi connectivity index (χ1n) is 6.37. The van der Waals surface area contributed by atoms with Crippen molar-refractivity contribution in [1.82, 2.24) is 9.97 Å². The van der Waals surface area contributed by atoms with Crippen LogP contribution in [-0.2, 0) is 0 Å². The van der Waals surface area contributed by atoms with Gasteiger partial charge in [0.2, 0.25) is 0 Å². The molecular formula is C14H15FN4O2. The molecule has 0 aliphatic rings. The van der Waals surface area contributed by atoms with E-state index in [9.17, 15) is 9.18 Å². The number of urea groups is 1. The number of nitrogens with one attached hydrogen (secondary N) is 2. The highest BCUT2D eigenvalue weighted by Crippen LogP contribution is 2.14. The molecule has 0 unspecified atom stereocenters. The van der Waals surface area contributed by atoms with Crippen molar-refractivity contribution >= 4 is 17.4 Å². The summed E-state index contributed by atoms with van der Waals surface area (Å²) in [6.45, 7) is 3.94. The number of benzene rings is 1. The molecule has 21 heavy (non-hydrogen) atoms. The third kappa shape index (κ3) is 4.13. The van der Waals surface area contributed by atoms with Crippen LogP contribution < -0.4 is 15.4 Å². The van der Waals surface area contributed by atoms with Crippen molar-refractivity contribution in [2.75, 3.05) is 17.2 Å². The molecule has 110 valence electrons. The predicted molar refractivity (Wildman–Crippen MR) is 77.0 cm³/mol. The molecule has 0 fully saturated rings. The van der Waals surface area contributed by atoms with Crippen LogP contribution in [0.3, 0.4) is 0 Å². The Labute approximate surface area is 121 Å². The molecule has 0 saturated heterocycles. The summed E-state index contributed by atoms with van der Waals surface area (Å²) < 4.78 is 18.5. The van der Waals surface area contributed by atoms with E-state index in [-0.39, 0.29) is 11.8 Å². The van der Waals surface area contributed by atoms with E-state index >= 15 is 0 Å². The summed E-state index contributed by atoms with van der Waals surface area (Å²) in [4.78, 5) is 19.6. The molecule has 0 atom stereocenters. The fourth-order valence-corrected chi connectivity index (χ4v) is 1.55. The number of rotatable bonds is 4. The number of anilines is 2. The number of aryl methyl sites for hydroxylation is 1. The van der Waals surface area contributed by atoms with Crippen LogP contribution >= 0.6 is 0 Å². The highest BCUT2D eigenvalue weighted by molar-refractivity contribution is 5.99. The number of hydrogen-bond acceptors (Lipinski definition) is 4. The van der Waals surface area contributed by atoms with Gasteiger partial charge in [0, 0.05) is 5.69 Å². The second kappa shape index (κ2) is 6.65. The molecule has 2 aromatic rings. The lowest BCUT2D eigenvalue weighted by Crippen LogP contribution is -2.19. The molecule has 1 aromatic carbocycles. The minimum absolute atomic E-state index is 0.240. The van der Waals surface area contributed by atoms with Gasteiger partial charge in [-0.05, 0) is 31.5 Å². The summed E-state index contributed by atoms with van der Waals surface area (Å²) in [5.41, 5.74) is 1.28. The van der Waals surface area contributed by atoms with Crippen LogP contribution in [0.4, 0.5) is 20.6 Å². The first-order chi connectivity index (χ1) is 10.1. The van der Waals surface area contributed by atoms with Crippen LogP contribution in [-0.4, -0.2) is 22.6 Å². The molecule has 2 amide bonds. The molecule has 0 radical (unpaired) electrons. The van der Waals surface area contributed by atoms with Gasteiger partial charge < -0.3 is 15.4 Å². The Morgan fingerprint density at radius 3 is 2.52 bits per heavy atom. The quantitative estimate of drug-likeness (QED) is 0.907. The van der Waals surface area contributed by atoms with Crippen molar-refractivity contribution in [2.45, 2.75) is 13.8 Å². The summed E-state index contributed by atoms with van der Waals surface area (Å²) in [5, 5.41) is 5.06. The molecular weight excluding hydrogens is 275 g/mol. The lowest BCUT2D eigenvalue weighted by molar-refractivity contribution is 0.262. The smallest absolute Gasteiger partial charge is 0.323 e. The molecule has 0 aliphatic carbocycles. The Morgan fingerprint density at radius 2 is 1.90 bits per heavy atom. The third-order valence-corrected chi connectivity index (χ3v) is 2.59. The lowest BCUT2D eigenvalue weighted by Gasteiger charge is -2.08. The van der Waals surface area contributed by atoms with Gasteiger partial charge in [-0.15, -0.1) is 0 Å². The maximum absolute atomic E-state index is 13.4. The van der Waals surface area contributed by atoms with E-state index in [4.69, 9.17) is 4.74 Å². The zero-order valence-electron chi connectivity index (χ0n) is 11.7. The zero-order chi connectivity index (χ0) is 15.2. The third-order valence-electron chi connectivity index (χ3n) is 2.59. The Kier molecular flexibility index (Phi) is 4.65. The zero-order valence-corrected chi connectivity index (χ0v) is 11.7. The van der Waals surface area contributed by atoms with E-state index in [0.717, 1.165) is 0 Å². The number of amides is 2. The van der Waals surface area contributed by atoms with Crippen molar-refractivity contribution in [3.8, 4) is 6.01 Å². The van der Waals surface area contributed by atoms with Crippen LogP contribution in [0.5, 0.6) is 6.01 Å². The van der Waals surface area contributed by atoms with Crippen LogP contribution in [0.1, 0.15) is 12.5 Å². The summed E-state index contributed by atoms with van der Waals surface area (Å²) in [7, 11) is 0. The number of carbonyl (C=O) groups excluding carboxylic acids is 1. The van der Waals surface area contributed by atoms with Gasteiger partial charge in [-0.1, -0.05) is 6.07 Å². The SMILES string of the molecule is CCOc1ncc(NC(=O)Nc2ccc(C)c(F)c2)cn1. The average Bonchev–Trinajstić information content (AvgIpc) is 2.45. The van der Waals surface area contributed by atoms with Crippen LogP contribution in [0.25, 0.3) is 0 Å². The Bertz CT molecular complexity index is 631. The molecule has 1 aromatic heterocycles. The van der Waals surface area contributed by atoms with Crippen molar-refractivity contribution < 1.29 is 13.9 Å². The van der Waals surface area contributed by atoms with Crippen molar-refractivity contribution in [3.05, 3.63) is 42.0 Å². The fraction of sp³-hybridized carbons (Fsp3) is 0.214. The van der Waals surface area contributed by atoms with Gasteiger partial charge in [0.1, 0.15) is 5.82 Å². The maximum Gasteiger partial charge on any atom is 0.323 e. The Hall–Kier alpha value is -2.70. The van der Waals surface area contributed by atoms with Gasteiger partial charge in [-0.3, -0.25) is 0 Å². The topological polar surface area (TPSA) is 76.1 Å². The maximum atomic E-state index is 13.4. The van der Waals surface area contributed by atoms with Gasteiger partial charge in [0.25, 0.3) is 0 Å². The monoisotopic (exact) mass is 290 g/mol. The van der Waals surface area contributed by atoms with E-state index in [1.807, 2.05) is 6.92 Å². The molecule has 6 nitrogen and oxygen atoms in total. The fourth-order valence-electron chi connectivity index (χ4n) is 1.55. The number of carbonyl (C=O) groups is 1. The second-order valence-corrected chi connectivity index (χ2v) is 4.23. The molecule has 2 rings (SSSR count). The van der Waals surface area contributed by atoms with Crippen molar-refractivity contribution in [3.63, 3.8) is 0 Å². The van der Waals surface area contributed by atoms with Gasteiger partial charge >= 0.3 is 12.0 Å². The van der Waals surface area contributed by atoms with Crippen molar-refractivity contribution in [1.29, 1.82) is 0 Å². The Balaban J connectivity index is 1.96. The second-order valence-electron chi connectivity index (χ2n) is 4.23. The highest BCUT2D eigenvalue weighted by Gasteiger charge is 2.06.